The normalized spacial score (nSPS) is 24.7. The molecule has 2 unspecified atom stereocenters. The van der Waals surface area contributed by atoms with Gasteiger partial charge >= 0.3 is 0 Å². The number of nitrogens with zero attached hydrogens (tertiary/aromatic N) is 2. The number of thioether (sulfide) groups is 1. The molecule has 1 aliphatic heterocycles. The minimum atomic E-state index is -0.0167. The summed E-state index contributed by atoms with van der Waals surface area (Å²) in [5, 5.41) is 0.466. The molecule has 92 valence electrons. The fourth-order valence-corrected chi connectivity index (χ4v) is 3.03. The summed E-state index contributed by atoms with van der Waals surface area (Å²) in [7, 11) is 0. The van der Waals surface area contributed by atoms with Crippen LogP contribution in [0.4, 0.5) is 5.69 Å². The number of anilines is 1. The standard InChI is InChI=1S/C12H17N3OS/c1-8-9(2)17-6-5-15(8)12(16)11-7-10(13)3-4-14-11/h3-4,7-9H,5-6H2,1-2H3,(H2,13,14). The average molecular weight is 251 g/mol. The van der Waals surface area contributed by atoms with Gasteiger partial charge in [0.15, 0.2) is 0 Å². The van der Waals surface area contributed by atoms with Crippen LogP contribution in [0.5, 0.6) is 0 Å². The molecular weight excluding hydrogens is 234 g/mol. The second kappa shape index (κ2) is 4.96. The quantitative estimate of drug-likeness (QED) is 0.824. The van der Waals surface area contributed by atoms with Crippen molar-refractivity contribution in [3.63, 3.8) is 0 Å². The molecule has 1 amide bonds. The van der Waals surface area contributed by atoms with Crippen LogP contribution in [0.3, 0.4) is 0 Å². The zero-order valence-corrected chi connectivity index (χ0v) is 10.9. The van der Waals surface area contributed by atoms with E-state index in [0.29, 0.717) is 16.6 Å². The highest BCUT2D eigenvalue weighted by Crippen LogP contribution is 2.25. The summed E-state index contributed by atoms with van der Waals surface area (Å²) in [5.74, 6) is 0.969. The summed E-state index contributed by atoms with van der Waals surface area (Å²) in [5.41, 5.74) is 6.69. The van der Waals surface area contributed by atoms with Gasteiger partial charge in [0, 0.05) is 35.5 Å². The van der Waals surface area contributed by atoms with Gasteiger partial charge in [0.2, 0.25) is 0 Å². The van der Waals surface area contributed by atoms with Crippen molar-refractivity contribution in [3.05, 3.63) is 24.0 Å². The average Bonchev–Trinajstić information content (AvgIpc) is 2.32. The van der Waals surface area contributed by atoms with Gasteiger partial charge < -0.3 is 10.6 Å². The third-order valence-electron chi connectivity index (χ3n) is 3.15. The van der Waals surface area contributed by atoms with Crippen molar-refractivity contribution in [1.29, 1.82) is 0 Å². The molecule has 0 saturated carbocycles. The van der Waals surface area contributed by atoms with Crippen molar-refractivity contribution < 1.29 is 4.79 Å². The first-order valence-electron chi connectivity index (χ1n) is 5.73. The molecule has 0 bridgehead atoms. The molecule has 2 heterocycles. The molecule has 1 aromatic heterocycles. The van der Waals surface area contributed by atoms with Gasteiger partial charge in [-0.25, -0.2) is 0 Å². The SMILES string of the molecule is CC1SCCN(C(=O)c2cc(N)ccn2)C1C. The van der Waals surface area contributed by atoms with Crippen LogP contribution in [0.1, 0.15) is 24.3 Å². The Kier molecular flexibility index (Phi) is 3.57. The molecule has 0 spiro atoms. The molecule has 4 nitrogen and oxygen atoms in total. The summed E-state index contributed by atoms with van der Waals surface area (Å²) < 4.78 is 0. The lowest BCUT2D eigenvalue weighted by Gasteiger charge is -2.37. The Morgan fingerprint density at radius 3 is 3.06 bits per heavy atom. The number of hydrogen-bond donors (Lipinski definition) is 1. The van der Waals surface area contributed by atoms with Crippen LogP contribution >= 0.6 is 11.8 Å². The Morgan fingerprint density at radius 2 is 2.35 bits per heavy atom. The Morgan fingerprint density at radius 1 is 1.59 bits per heavy atom. The number of nitrogens with two attached hydrogens (primary N) is 1. The van der Waals surface area contributed by atoms with Crippen molar-refractivity contribution in [2.75, 3.05) is 18.0 Å². The maximum Gasteiger partial charge on any atom is 0.272 e. The number of amides is 1. The lowest BCUT2D eigenvalue weighted by atomic mass is 10.2. The number of pyridine rings is 1. The molecule has 1 saturated heterocycles. The molecule has 2 N–H and O–H groups in total. The zero-order valence-electron chi connectivity index (χ0n) is 10.1. The minimum absolute atomic E-state index is 0.0167. The molecule has 0 radical (unpaired) electrons. The van der Waals surface area contributed by atoms with Gasteiger partial charge in [-0.15, -0.1) is 0 Å². The van der Waals surface area contributed by atoms with Crippen molar-refractivity contribution in [2.45, 2.75) is 25.1 Å². The highest BCUT2D eigenvalue weighted by molar-refractivity contribution is 8.00. The van der Waals surface area contributed by atoms with E-state index in [-0.39, 0.29) is 11.9 Å². The van der Waals surface area contributed by atoms with Crippen LogP contribution < -0.4 is 5.73 Å². The maximum absolute atomic E-state index is 12.3. The van der Waals surface area contributed by atoms with Gasteiger partial charge in [0.25, 0.3) is 5.91 Å². The Hall–Kier alpha value is -1.23. The minimum Gasteiger partial charge on any atom is -0.399 e. The number of hydrogen-bond acceptors (Lipinski definition) is 4. The third-order valence-corrected chi connectivity index (χ3v) is 4.49. The second-order valence-electron chi connectivity index (χ2n) is 4.29. The van der Waals surface area contributed by atoms with Crippen molar-refractivity contribution in [1.82, 2.24) is 9.88 Å². The van der Waals surface area contributed by atoms with Crippen LogP contribution in [0.25, 0.3) is 0 Å². The maximum atomic E-state index is 12.3. The van der Waals surface area contributed by atoms with Gasteiger partial charge in [0.05, 0.1) is 0 Å². The molecule has 1 aliphatic rings. The lowest BCUT2D eigenvalue weighted by molar-refractivity contribution is 0.0692. The third kappa shape index (κ3) is 2.54. The van der Waals surface area contributed by atoms with E-state index in [1.165, 1.54) is 0 Å². The summed E-state index contributed by atoms with van der Waals surface area (Å²) in [4.78, 5) is 18.3. The molecular formula is C12H17N3OS. The van der Waals surface area contributed by atoms with Gasteiger partial charge in [-0.3, -0.25) is 9.78 Å². The fraction of sp³-hybridized carbons (Fsp3) is 0.500. The predicted molar refractivity (Wildman–Crippen MR) is 71.1 cm³/mol. The molecule has 2 atom stereocenters. The van der Waals surface area contributed by atoms with E-state index in [0.717, 1.165) is 12.3 Å². The molecule has 1 fully saturated rings. The van der Waals surface area contributed by atoms with E-state index in [4.69, 9.17) is 5.73 Å². The van der Waals surface area contributed by atoms with Crippen LogP contribution in [-0.4, -0.2) is 39.4 Å². The fourth-order valence-electron chi connectivity index (χ4n) is 1.93. The van der Waals surface area contributed by atoms with Gasteiger partial charge in [-0.05, 0) is 19.1 Å². The van der Waals surface area contributed by atoms with Crippen LogP contribution in [0.15, 0.2) is 18.3 Å². The van der Waals surface area contributed by atoms with E-state index in [2.05, 4.69) is 18.8 Å². The van der Waals surface area contributed by atoms with Crippen molar-refractivity contribution in [3.8, 4) is 0 Å². The summed E-state index contributed by atoms with van der Waals surface area (Å²) in [6.45, 7) is 5.02. The molecule has 0 aliphatic carbocycles. The Balaban J connectivity index is 2.19. The van der Waals surface area contributed by atoms with E-state index in [1.807, 2.05) is 16.7 Å². The zero-order chi connectivity index (χ0) is 12.4. The van der Waals surface area contributed by atoms with Crippen LogP contribution in [0.2, 0.25) is 0 Å². The molecule has 5 heteroatoms. The van der Waals surface area contributed by atoms with E-state index >= 15 is 0 Å². The largest absolute Gasteiger partial charge is 0.399 e. The topological polar surface area (TPSA) is 59.2 Å². The summed E-state index contributed by atoms with van der Waals surface area (Å²) >= 11 is 1.91. The first-order valence-corrected chi connectivity index (χ1v) is 6.78. The summed E-state index contributed by atoms with van der Waals surface area (Å²) in [6, 6.07) is 3.57. The number of carbonyl (C=O) groups is 1. The van der Waals surface area contributed by atoms with Gasteiger partial charge in [-0.2, -0.15) is 11.8 Å². The summed E-state index contributed by atoms with van der Waals surface area (Å²) in [6.07, 6.45) is 1.58. The molecule has 1 aromatic rings. The monoisotopic (exact) mass is 251 g/mol. The van der Waals surface area contributed by atoms with Gasteiger partial charge in [0.1, 0.15) is 5.69 Å². The Labute approximate surface area is 106 Å². The van der Waals surface area contributed by atoms with Crippen molar-refractivity contribution >= 4 is 23.4 Å². The highest BCUT2D eigenvalue weighted by Gasteiger charge is 2.29. The molecule has 2 rings (SSSR count). The number of rotatable bonds is 1. The highest BCUT2D eigenvalue weighted by atomic mass is 32.2. The second-order valence-corrected chi connectivity index (χ2v) is 5.77. The van der Waals surface area contributed by atoms with Crippen molar-refractivity contribution in [2.24, 2.45) is 0 Å². The number of aromatic nitrogens is 1. The smallest absolute Gasteiger partial charge is 0.272 e. The number of carbonyl (C=O) groups excluding carboxylic acids is 1. The first-order chi connectivity index (χ1) is 8.09. The van der Waals surface area contributed by atoms with Crippen LogP contribution in [0, 0.1) is 0 Å². The van der Waals surface area contributed by atoms with E-state index in [9.17, 15) is 4.79 Å². The van der Waals surface area contributed by atoms with E-state index < -0.39 is 0 Å². The molecule has 17 heavy (non-hydrogen) atoms. The lowest BCUT2D eigenvalue weighted by Crippen LogP contribution is -2.48. The van der Waals surface area contributed by atoms with Crippen LogP contribution in [-0.2, 0) is 0 Å². The number of nitrogen functional groups attached to an aromatic ring is 1. The predicted octanol–water partition coefficient (Wildman–Crippen LogP) is 1.63. The van der Waals surface area contributed by atoms with Gasteiger partial charge in [-0.1, -0.05) is 6.92 Å². The molecule has 0 aromatic carbocycles. The van der Waals surface area contributed by atoms with E-state index in [1.54, 1.807) is 18.3 Å². The first kappa shape index (κ1) is 12.2. The Bertz CT molecular complexity index is 424.